The normalized spacial score (nSPS) is 29.9. The molecule has 0 amide bonds. The quantitative estimate of drug-likeness (QED) is 0.726. The van der Waals surface area contributed by atoms with E-state index < -0.39 is 5.97 Å². The average molecular weight is 199 g/mol. The molecule has 3 N–H and O–H groups in total. The minimum atomic E-state index is -0.709. The van der Waals surface area contributed by atoms with Crippen molar-refractivity contribution in [2.45, 2.75) is 39.0 Å². The molecule has 82 valence electrons. The Morgan fingerprint density at radius 1 is 1.43 bits per heavy atom. The number of carboxylic acids is 1. The highest BCUT2D eigenvalue weighted by molar-refractivity contribution is 5.67. The smallest absolute Gasteiger partial charge is 0.303 e. The van der Waals surface area contributed by atoms with E-state index >= 15 is 0 Å². The fraction of sp³-hybridized carbons (Fsp3) is 0.909. The Morgan fingerprint density at radius 3 is 2.43 bits per heavy atom. The lowest BCUT2D eigenvalue weighted by atomic mass is 9.75. The van der Waals surface area contributed by atoms with Gasteiger partial charge in [-0.05, 0) is 37.1 Å². The summed E-state index contributed by atoms with van der Waals surface area (Å²) in [5.74, 6) is 0.848. The van der Waals surface area contributed by atoms with Crippen LogP contribution >= 0.6 is 0 Å². The largest absolute Gasteiger partial charge is 0.481 e. The molecule has 1 atom stereocenters. The summed E-state index contributed by atoms with van der Waals surface area (Å²) in [6.07, 6.45) is 5.05. The van der Waals surface area contributed by atoms with Crippen molar-refractivity contribution in [1.82, 2.24) is 0 Å². The Morgan fingerprint density at radius 2 is 2.00 bits per heavy atom. The Labute approximate surface area is 85.7 Å². The zero-order chi connectivity index (χ0) is 10.6. The maximum Gasteiger partial charge on any atom is 0.303 e. The molecule has 14 heavy (non-hydrogen) atoms. The number of aliphatic carboxylic acids is 1. The summed E-state index contributed by atoms with van der Waals surface area (Å²) >= 11 is 0. The van der Waals surface area contributed by atoms with E-state index in [1.54, 1.807) is 0 Å². The highest BCUT2D eigenvalue weighted by Gasteiger charge is 2.26. The van der Waals surface area contributed by atoms with Gasteiger partial charge in [0.15, 0.2) is 0 Å². The molecule has 0 radical (unpaired) electrons. The minimum absolute atomic E-state index is 0.194. The summed E-state index contributed by atoms with van der Waals surface area (Å²) < 4.78 is 0. The number of carbonyl (C=O) groups is 1. The Bertz CT molecular complexity index is 186. The molecule has 3 nitrogen and oxygen atoms in total. The van der Waals surface area contributed by atoms with E-state index in [0.29, 0.717) is 12.5 Å². The SMILES string of the molecule is CC1CCC(C(CN)CC(=O)O)CC1. The van der Waals surface area contributed by atoms with Crippen LogP contribution in [0.5, 0.6) is 0 Å². The molecule has 0 spiro atoms. The lowest BCUT2D eigenvalue weighted by molar-refractivity contribution is -0.138. The van der Waals surface area contributed by atoms with Crippen molar-refractivity contribution in [3.05, 3.63) is 0 Å². The van der Waals surface area contributed by atoms with Crippen molar-refractivity contribution < 1.29 is 9.90 Å². The average Bonchev–Trinajstić information content (AvgIpc) is 2.15. The van der Waals surface area contributed by atoms with Crippen molar-refractivity contribution in [1.29, 1.82) is 0 Å². The van der Waals surface area contributed by atoms with Gasteiger partial charge in [-0.15, -0.1) is 0 Å². The second-order valence-corrected chi connectivity index (χ2v) is 4.61. The fourth-order valence-electron chi connectivity index (χ4n) is 2.42. The van der Waals surface area contributed by atoms with Gasteiger partial charge in [0, 0.05) is 6.42 Å². The third-order valence-corrected chi connectivity index (χ3v) is 3.47. The highest BCUT2D eigenvalue weighted by Crippen LogP contribution is 2.34. The van der Waals surface area contributed by atoms with Crippen molar-refractivity contribution in [3.8, 4) is 0 Å². The van der Waals surface area contributed by atoms with Crippen molar-refractivity contribution >= 4 is 5.97 Å². The van der Waals surface area contributed by atoms with Gasteiger partial charge in [0.05, 0.1) is 0 Å². The van der Waals surface area contributed by atoms with E-state index in [0.717, 1.165) is 18.8 Å². The van der Waals surface area contributed by atoms with Crippen LogP contribution in [0.3, 0.4) is 0 Å². The maximum atomic E-state index is 10.6. The molecule has 0 aliphatic heterocycles. The molecule has 0 aromatic carbocycles. The highest BCUT2D eigenvalue weighted by atomic mass is 16.4. The summed E-state index contributed by atoms with van der Waals surface area (Å²) in [5.41, 5.74) is 5.62. The van der Waals surface area contributed by atoms with Crippen molar-refractivity contribution in [2.24, 2.45) is 23.5 Å². The summed E-state index contributed by atoms with van der Waals surface area (Å²) in [7, 11) is 0. The molecule has 0 aromatic heterocycles. The first-order chi connectivity index (χ1) is 6.63. The Hall–Kier alpha value is -0.570. The van der Waals surface area contributed by atoms with Crippen LogP contribution in [0.25, 0.3) is 0 Å². The topological polar surface area (TPSA) is 63.3 Å². The van der Waals surface area contributed by atoms with E-state index in [9.17, 15) is 4.79 Å². The van der Waals surface area contributed by atoms with Gasteiger partial charge in [-0.25, -0.2) is 0 Å². The zero-order valence-electron chi connectivity index (χ0n) is 8.91. The van der Waals surface area contributed by atoms with Crippen LogP contribution in [0.1, 0.15) is 39.0 Å². The molecular formula is C11H21NO2. The first-order valence-electron chi connectivity index (χ1n) is 5.55. The predicted molar refractivity (Wildman–Crippen MR) is 55.9 cm³/mol. The van der Waals surface area contributed by atoms with Crippen LogP contribution in [-0.2, 0) is 4.79 Å². The van der Waals surface area contributed by atoms with Crippen molar-refractivity contribution in [2.75, 3.05) is 6.54 Å². The van der Waals surface area contributed by atoms with Gasteiger partial charge in [0.2, 0.25) is 0 Å². The lowest BCUT2D eigenvalue weighted by Gasteiger charge is -2.31. The van der Waals surface area contributed by atoms with Crippen LogP contribution in [0, 0.1) is 17.8 Å². The summed E-state index contributed by atoms with van der Waals surface area (Å²) in [4.78, 5) is 10.6. The fourth-order valence-corrected chi connectivity index (χ4v) is 2.42. The molecule has 1 fully saturated rings. The molecule has 0 bridgehead atoms. The number of hydrogen-bond acceptors (Lipinski definition) is 2. The van der Waals surface area contributed by atoms with Crippen LogP contribution in [0.4, 0.5) is 0 Å². The van der Waals surface area contributed by atoms with Gasteiger partial charge in [-0.3, -0.25) is 4.79 Å². The third-order valence-electron chi connectivity index (χ3n) is 3.47. The van der Waals surface area contributed by atoms with Crippen LogP contribution in [0.15, 0.2) is 0 Å². The van der Waals surface area contributed by atoms with Crippen LogP contribution < -0.4 is 5.73 Å². The van der Waals surface area contributed by atoms with E-state index in [4.69, 9.17) is 10.8 Å². The molecule has 1 aliphatic rings. The Balaban J connectivity index is 2.40. The third kappa shape index (κ3) is 3.29. The molecule has 0 aromatic rings. The lowest BCUT2D eigenvalue weighted by Crippen LogP contribution is -2.28. The van der Waals surface area contributed by atoms with E-state index in [1.165, 1.54) is 12.8 Å². The second-order valence-electron chi connectivity index (χ2n) is 4.61. The maximum absolute atomic E-state index is 10.6. The number of nitrogens with two attached hydrogens (primary N) is 1. The van der Waals surface area contributed by atoms with E-state index in [2.05, 4.69) is 6.92 Å². The first-order valence-corrected chi connectivity index (χ1v) is 5.55. The van der Waals surface area contributed by atoms with E-state index in [-0.39, 0.29) is 12.3 Å². The minimum Gasteiger partial charge on any atom is -0.481 e. The monoisotopic (exact) mass is 199 g/mol. The molecule has 1 aliphatic carbocycles. The summed E-state index contributed by atoms with van der Waals surface area (Å²) in [5, 5.41) is 8.74. The molecule has 1 saturated carbocycles. The van der Waals surface area contributed by atoms with Gasteiger partial charge in [0.25, 0.3) is 0 Å². The standard InChI is InChI=1S/C11H21NO2/c1-8-2-4-9(5-3-8)10(7-12)6-11(13)14/h8-10H,2-7,12H2,1H3,(H,13,14). The summed E-state index contributed by atoms with van der Waals surface area (Å²) in [6.45, 7) is 2.79. The molecule has 0 saturated heterocycles. The van der Waals surface area contributed by atoms with Crippen LogP contribution in [0.2, 0.25) is 0 Å². The van der Waals surface area contributed by atoms with E-state index in [1.807, 2.05) is 0 Å². The molecule has 0 heterocycles. The second kappa shape index (κ2) is 5.35. The van der Waals surface area contributed by atoms with Gasteiger partial charge in [-0.1, -0.05) is 19.8 Å². The number of carboxylic acid groups (broad SMARTS) is 1. The molecular weight excluding hydrogens is 178 g/mol. The van der Waals surface area contributed by atoms with Gasteiger partial charge < -0.3 is 10.8 Å². The van der Waals surface area contributed by atoms with Crippen LogP contribution in [-0.4, -0.2) is 17.6 Å². The molecule has 1 unspecified atom stereocenters. The number of rotatable bonds is 4. The zero-order valence-corrected chi connectivity index (χ0v) is 8.91. The van der Waals surface area contributed by atoms with Gasteiger partial charge in [-0.2, -0.15) is 0 Å². The molecule has 1 rings (SSSR count). The first kappa shape index (κ1) is 11.5. The molecule has 3 heteroatoms. The van der Waals surface area contributed by atoms with Crippen molar-refractivity contribution in [3.63, 3.8) is 0 Å². The number of hydrogen-bond donors (Lipinski definition) is 2. The summed E-state index contributed by atoms with van der Waals surface area (Å²) in [6, 6.07) is 0. The van der Waals surface area contributed by atoms with Gasteiger partial charge in [0.1, 0.15) is 0 Å². The predicted octanol–water partition coefficient (Wildman–Crippen LogP) is 1.86. The van der Waals surface area contributed by atoms with Gasteiger partial charge >= 0.3 is 5.97 Å². The Kier molecular flexibility index (Phi) is 4.39.